The molecule has 1 unspecified atom stereocenters. The van der Waals surface area contributed by atoms with Crippen LogP contribution in [-0.2, 0) is 0 Å². The molecule has 1 aromatic heterocycles. The van der Waals surface area contributed by atoms with E-state index in [9.17, 15) is 10.1 Å². The smallest absolute Gasteiger partial charge is 0.291 e. The van der Waals surface area contributed by atoms with Crippen LogP contribution in [0.3, 0.4) is 0 Å². The molecule has 0 aliphatic carbocycles. The average Bonchev–Trinajstić information content (AvgIpc) is 2.33. The second kappa shape index (κ2) is 5.19. The van der Waals surface area contributed by atoms with Crippen molar-refractivity contribution in [2.75, 3.05) is 24.5 Å². The van der Waals surface area contributed by atoms with Crippen LogP contribution in [0.2, 0.25) is 0 Å². The Morgan fingerprint density at radius 1 is 1.67 bits per heavy atom. The molecule has 1 aliphatic rings. The van der Waals surface area contributed by atoms with E-state index in [1.165, 1.54) is 6.20 Å². The molecule has 2 rings (SSSR count). The number of hydrogen-bond acceptors (Lipinski definition) is 5. The van der Waals surface area contributed by atoms with Crippen LogP contribution in [0.1, 0.15) is 12.5 Å². The number of pyridine rings is 1. The first kappa shape index (κ1) is 13.2. The second-order valence-corrected chi connectivity index (χ2v) is 5.20. The maximum Gasteiger partial charge on any atom is 0.291 e. The lowest BCUT2D eigenvalue weighted by atomic mass is 10.2. The predicted molar refractivity (Wildman–Crippen MR) is 73.0 cm³/mol. The van der Waals surface area contributed by atoms with Crippen molar-refractivity contribution in [3.05, 3.63) is 26.3 Å². The number of nitrogens with zero attached hydrogens (tertiary/aromatic N) is 3. The van der Waals surface area contributed by atoms with Crippen LogP contribution >= 0.6 is 15.9 Å². The number of aromatic nitrogens is 1. The maximum absolute atomic E-state index is 10.8. The van der Waals surface area contributed by atoms with E-state index in [-0.39, 0.29) is 5.69 Å². The average molecular weight is 315 g/mol. The molecule has 1 atom stereocenters. The van der Waals surface area contributed by atoms with Crippen molar-refractivity contribution in [1.29, 1.82) is 0 Å². The van der Waals surface area contributed by atoms with Crippen molar-refractivity contribution in [3.8, 4) is 0 Å². The van der Waals surface area contributed by atoms with Gasteiger partial charge in [0.1, 0.15) is 12.0 Å². The number of piperazine rings is 1. The molecule has 0 aromatic carbocycles. The standard InChI is InChI=1S/C11H15BrN4O2/c1-7-5-13-3-4-15(7)11-10(12)8(2)9(6-14-11)16(17)18/h6-7,13H,3-5H2,1-2H3. The van der Waals surface area contributed by atoms with Crippen LogP contribution in [0.15, 0.2) is 10.7 Å². The molecule has 0 amide bonds. The van der Waals surface area contributed by atoms with Gasteiger partial charge in [-0.2, -0.15) is 0 Å². The predicted octanol–water partition coefficient (Wildman–Crippen LogP) is 1.86. The van der Waals surface area contributed by atoms with E-state index in [1.807, 2.05) is 0 Å². The van der Waals surface area contributed by atoms with E-state index in [1.54, 1.807) is 6.92 Å². The SMILES string of the molecule is Cc1c([N+](=O)[O-])cnc(N2CCNCC2C)c1Br. The molecule has 0 spiro atoms. The summed E-state index contributed by atoms with van der Waals surface area (Å²) in [5.74, 6) is 0.784. The van der Waals surface area contributed by atoms with E-state index in [0.29, 0.717) is 16.1 Å². The van der Waals surface area contributed by atoms with Gasteiger partial charge in [-0.1, -0.05) is 0 Å². The van der Waals surface area contributed by atoms with Gasteiger partial charge in [0.15, 0.2) is 0 Å². The first-order chi connectivity index (χ1) is 8.52. The summed E-state index contributed by atoms with van der Waals surface area (Å²) < 4.78 is 0.713. The van der Waals surface area contributed by atoms with Gasteiger partial charge in [0.05, 0.1) is 9.40 Å². The lowest BCUT2D eigenvalue weighted by Crippen LogP contribution is -2.50. The molecule has 2 heterocycles. The molecule has 1 fully saturated rings. The first-order valence-corrected chi connectivity index (χ1v) is 6.58. The minimum absolute atomic E-state index is 0.0495. The van der Waals surface area contributed by atoms with Gasteiger partial charge in [-0.05, 0) is 29.8 Å². The second-order valence-electron chi connectivity index (χ2n) is 4.41. The van der Waals surface area contributed by atoms with Crippen molar-refractivity contribution >= 4 is 27.4 Å². The maximum atomic E-state index is 10.8. The Kier molecular flexibility index (Phi) is 3.82. The minimum atomic E-state index is -0.405. The highest BCUT2D eigenvalue weighted by molar-refractivity contribution is 9.10. The summed E-state index contributed by atoms with van der Waals surface area (Å²) in [6, 6.07) is 0.323. The number of anilines is 1. The Morgan fingerprint density at radius 3 is 3.00 bits per heavy atom. The summed E-state index contributed by atoms with van der Waals surface area (Å²) in [7, 11) is 0. The molecule has 0 saturated carbocycles. The Balaban J connectivity index is 2.40. The summed E-state index contributed by atoms with van der Waals surface area (Å²) in [6.45, 7) is 6.49. The van der Waals surface area contributed by atoms with Gasteiger partial charge in [-0.25, -0.2) is 4.98 Å². The molecule has 0 radical (unpaired) electrons. The number of nitro groups is 1. The fourth-order valence-corrected chi connectivity index (χ4v) is 2.63. The molecule has 1 N–H and O–H groups in total. The summed E-state index contributed by atoms with van der Waals surface area (Å²) in [6.07, 6.45) is 1.34. The molecule has 7 heteroatoms. The van der Waals surface area contributed by atoms with Crippen LogP contribution < -0.4 is 10.2 Å². The largest absolute Gasteiger partial charge is 0.350 e. The van der Waals surface area contributed by atoms with Crippen molar-refractivity contribution < 1.29 is 4.92 Å². The monoisotopic (exact) mass is 314 g/mol. The van der Waals surface area contributed by atoms with Gasteiger partial charge in [-0.3, -0.25) is 10.1 Å². The van der Waals surface area contributed by atoms with Crippen molar-refractivity contribution in [3.63, 3.8) is 0 Å². The number of halogens is 1. The lowest BCUT2D eigenvalue weighted by molar-refractivity contribution is -0.385. The highest BCUT2D eigenvalue weighted by atomic mass is 79.9. The molecule has 1 aliphatic heterocycles. The molecule has 98 valence electrons. The van der Waals surface area contributed by atoms with Crippen LogP contribution in [0.5, 0.6) is 0 Å². The molecular weight excluding hydrogens is 300 g/mol. The molecular formula is C11H15BrN4O2. The van der Waals surface area contributed by atoms with E-state index in [4.69, 9.17) is 0 Å². The fourth-order valence-electron chi connectivity index (χ4n) is 2.10. The summed E-state index contributed by atoms with van der Waals surface area (Å²) in [5.41, 5.74) is 0.671. The Morgan fingerprint density at radius 2 is 2.39 bits per heavy atom. The highest BCUT2D eigenvalue weighted by Gasteiger charge is 2.25. The van der Waals surface area contributed by atoms with Gasteiger partial charge >= 0.3 is 0 Å². The van der Waals surface area contributed by atoms with E-state index >= 15 is 0 Å². The van der Waals surface area contributed by atoms with Crippen molar-refractivity contribution in [2.24, 2.45) is 0 Å². The van der Waals surface area contributed by atoms with Gasteiger partial charge in [0, 0.05) is 31.2 Å². The van der Waals surface area contributed by atoms with Gasteiger partial charge in [-0.15, -0.1) is 0 Å². The lowest BCUT2D eigenvalue weighted by Gasteiger charge is -2.35. The zero-order chi connectivity index (χ0) is 13.3. The quantitative estimate of drug-likeness (QED) is 0.666. The molecule has 1 saturated heterocycles. The minimum Gasteiger partial charge on any atom is -0.350 e. The first-order valence-electron chi connectivity index (χ1n) is 5.79. The van der Waals surface area contributed by atoms with Gasteiger partial charge < -0.3 is 10.2 Å². The normalized spacial score (nSPS) is 19.9. The number of hydrogen-bond donors (Lipinski definition) is 1. The zero-order valence-corrected chi connectivity index (χ0v) is 11.9. The van der Waals surface area contributed by atoms with Crippen LogP contribution in [0.25, 0.3) is 0 Å². The van der Waals surface area contributed by atoms with E-state index in [0.717, 1.165) is 25.5 Å². The van der Waals surface area contributed by atoms with E-state index < -0.39 is 4.92 Å². The van der Waals surface area contributed by atoms with Crippen LogP contribution in [0, 0.1) is 17.0 Å². The summed E-state index contributed by atoms with van der Waals surface area (Å²) in [4.78, 5) is 16.9. The third kappa shape index (κ3) is 2.32. The third-order valence-electron chi connectivity index (χ3n) is 3.19. The molecule has 0 bridgehead atoms. The third-order valence-corrected chi connectivity index (χ3v) is 4.14. The Bertz CT molecular complexity index is 480. The van der Waals surface area contributed by atoms with Gasteiger partial charge in [0.25, 0.3) is 5.69 Å². The summed E-state index contributed by atoms with van der Waals surface area (Å²) in [5, 5.41) is 14.2. The zero-order valence-electron chi connectivity index (χ0n) is 10.3. The van der Waals surface area contributed by atoms with E-state index in [2.05, 4.69) is 38.1 Å². The van der Waals surface area contributed by atoms with Crippen LogP contribution in [0.4, 0.5) is 11.5 Å². The van der Waals surface area contributed by atoms with Crippen LogP contribution in [-0.4, -0.2) is 35.6 Å². The molecule has 1 aromatic rings. The fraction of sp³-hybridized carbons (Fsp3) is 0.545. The van der Waals surface area contributed by atoms with Crippen molar-refractivity contribution in [2.45, 2.75) is 19.9 Å². The van der Waals surface area contributed by atoms with Crippen molar-refractivity contribution in [1.82, 2.24) is 10.3 Å². The number of rotatable bonds is 2. The number of nitrogens with one attached hydrogen (secondary N) is 1. The molecule has 6 nitrogen and oxygen atoms in total. The van der Waals surface area contributed by atoms with Gasteiger partial charge in [0.2, 0.25) is 0 Å². The Hall–Kier alpha value is -1.21. The molecule has 18 heavy (non-hydrogen) atoms. The Labute approximate surface area is 114 Å². The highest BCUT2D eigenvalue weighted by Crippen LogP contribution is 2.33. The topological polar surface area (TPSA) is 71.3 Å². The summed E-state index contributed by atoms with van der Waals surface area (Å²) >= 11 is 3.43.